The van der Waals surface area contributed by atoms with Gasteiger partial charge in [0.25, 0.3) is 5.91 Å². The van der Waals surface area contributed by atoms with Gasteiger partial charge in [0.1, 0.15) is 5.75 Å². The number of nitrogens with one attached hydrogen (secondary N) is 1. The Balaban J connectivity index is 1.57. The first-order chi connectivity index (χ1) is 12.7. The number of hydrogen-bond acceptors (Lipinski definition) is 7. The van der Waals surface area contributed by atoms with Crippen molar-refractivity contribution >= 4 is 28.1 Å². The fourth-order valence-corrected chi connectivity index (χ4v) is 3.49. The lowest BCUT2D eigenvalue weighted by atomic mass is 10.1. The first-order valence-electron chi connectivity index (χ1n) is 8.66. The summed E-state index contributed by atoms with van der Waals surface area (Å²) < 4.78 is 10.9. The SMILES string of the molecule is COc1ccc(C(=O)NCCCc2csc(N)n2)cc1N1CCOCC1. The van der Waals surface area contributed by atoms with E-state index in [2.05, 4.69) is 15.2 Å². The first-order valence-corrected chi connectivity index (χ1v) is 9.54. The van der Waals surface area contributed by atoms with Crippen molar-refractivity contribution in [2.75, 3.05) is 50.6 Å². The number of nitrogens with zero attached hydrogens (tertiary/aromatic N) is 2. The minimum absolute atomic E-state index is 0.0834. The molecule has 0 bridgehead atoms. The molecule has 3 N–H and O–H groups in total. The predicted molar refractivity (Wildman–Crippen MR) is 103 cm³/mol. The van der Waals surface area contributed by atoms with Crippen LogP contribution in [0.4, 0.5) is 10.8 Å². The molecule has 1 aliphatic rings. The molecule has 1 aromatic carbocycles. The molecule has 1 saturated heterocycles. The molecule has 1 aromatic heterocycles. The summed E-state index contributed by atoms with van der Waals surface area (Å²) in [6, 6.07) is 5.53. The number of methoxy groups -OCH3 is 1. The molecule has 26 heavy (non-hydrogen) atoms. The molecule has 0 spiro atoms. The Bertz CT molecular complexity index is 744. The highest BCUT2D eigenvalue weighted by Crippen LogP contribution is 2.30. The van der Waals surface area contributed by atoms with Crippen LogP contribution in [0.1, 0.15) is 22.5 Å². The summed E-state index contributed by atoms with van der Waals surface area (Å²) in [7, 11) is 1.64. The van der Waals surface area contributed by atoms with Gasteiger partial charge in [-0.25, -0.2) is 4.98 Å². The summed E-state index contributed by atoms with van der Waals surface area (Å²) in [6.07, 6.45) is 1.62. The number of ether oxygens (including phenoxy) is 2. The van der Waals surface area contributed by atoms with Gasteiger partial charge in [0.15, 0.2) is 5.13 Å². The van der Waals surface area contributed by atoms with Crippen molar-refractivity contribution in [2.45, 2.75) is 12.8 Å². The van der Waals surface area contributed by atoms with Crippen molar-refractivity contribution in [2.24, 2.45) is 0 Å². The van der Waals surface area contributed by atoms with E-state index in [4.69, 9.17) is 15.2 Å². The molecule has 2 aromatic rings. The third-order valence-electron chi connectivity index (χ3n) is 4.26. The van der Waals surface area contributed by atoms with Crippen molar-refractivity contribution in [3.63, 3.8) is 0 Å². The largest absolute Gasteiger partial charge is 0.495 e. The Morgan fingerprint density at radius 2 is 2.23 bits per heavy atom. The predicted octanol–water partition coefficient (Wildman–Crippen LogP) is 1.93. The molecule has 0 atom stereocenters. The number of anilines is 2. The number of nitrogen functional groups attached to an aromatic ring is 1. The van der Waals surface area contributed by atoms with E-state index in [0.29, 0.717) is 30.5 Å². The fourth-order valence-electron chi connectivity index (χ4n) is 2.89. The van der Waals surface area contributed by atoms with Crippen LogP contribution >= 0.6 is 11.3 Å². The number of rotatable bonds is 7. The molecular formula is C18H24N4O3S. The molecule has 0 unspecified atom stereocenters. The van der Waals surface area contributed by atoms with Gasteiger partial charge < -0.3 is 25.4 Å². The van der Waals surface area contributed by atoms with Gasteiger partial charge >= 0.3 is 0 Å². The minimum atomic E-state index is -0.0834. The smallest absolute Gasteiger partial charge is 0.251 e. The zero-order valence-electron chi connectivity index (χ0n) is 14.9. The summed E-state index contributed by atoms with van der Waals surface area (Å²) >= 11 is 1.44. The van der Waals surface area contributed by atoms with Crippen molar-refractivity contribution in [1.29, 1.82) is 0 Å². The summed E-state index contributed by atoms with van der Waals surface area (Å²) in [5, 5.41) is 5.50. The van der Waals surface area contributed by atoms with Crippen molar-refractivity contribution in [3.8, 4) is 5.75 Å². The highest BCUT2D eigenvalue weighted by Gasteiger charge is 2.17. The molecule has 1 fully saturated rings. The molecule has 1 amide bonds. The summed E-state index contributed by atoms with van der Waals surface area (Å²) in [5.41, 5.74) is 8.16. The van der Waals surface area contributed by atoms with Crippen LogP contribution in [-0.4, -0.2) is 50.8 Å². The first kappa shape index (κ1) is 18.5. The average Bonchev–Trinajstić information content (AvgIpc) is 3.10. The standard InChI is InChI=1S/C18H24N4O3S/c1-24-16-5-4-13(11-15(16)22-7-9-25-10-8-22)17(23)20-6-2-3-14-12-26-18(19)21-14/h4-5,11-12H,2-3,6-10H2,1H3,(H2,19,21)(H,20,23). The molecule has 7 nitrogen and oxygen atoms in total. The number of thiazole rings is 1. The van der Waals surface area contributed by atoms with E-state index in [0.717, 1.165) is 43.1 Å². The lowest BCUT2D eigenvalue weighted by Gasteiger charge is -2.30. The van der Waals surface area contributed by atoms with Gasteiger partial charge in [0.05, 0.1) is 31.7 Å². The van der Waals surface area contributed by atoms with E-state index in [1.807, 2.05) is 17.5 Å². The summed E-state index contributed by atoms with van der Waals surface area (Å²) in [5.74, 6) is 0.685. The van der Waals surface area contributed by atoms with Gasteiger partial charge in [0.2, 0.25) is 0 Å². The van der Waals surface area contributed by atoms with Crippen molar-refractivity contribution in [3.05, 3.63) is 34.8 Å². The number of carbonyl (C=O) groups excluding carboxylic acids is 1. The van der Waals surface area contributed by atoms with Crippen molar-refractivity contribution < 1.29 is 14.3 Å². The Hall–Kier alpha value is -2.32. The minimum Gasteiger partial charge on any atom is -0.495 e. The molecule has 1 aliphatic heterocycles. The van der Waals surface area contributed by atoms with E-state index in [1.165, 1.54) is 11.3 Å². The molecule has 0 radical (unpaired) electrons. The molecule has 8 heteroatoms. The second-order valence-corrected chi connectivity index (χ2v) is 6.91. The maximum atomic E-state index is 12.5. The summed E-state index contributed by atoms with van der Waals surface area (Å²) in [4.78, 5) is 18.9. The topological polar surface area (TPSA) is 89.7 Å². The number of nitrogens with two attached hydrogens (primary N) is 1. The maximum Gasteiger partial charge on any atom is 0.251 e. The van der Waals surface area contributed by atoms with Crippen LogP contribution < -0.4 is 20.7 Å². The fraction of sp³-hybridized carbons (Fsp3) is 0.444. The average molecular weight is 376 g/mol. The van der Waals surface area contributed by atoms with Crippen molar-refractivity contribution in [1.82, 2.24) is 10.3 Å². The van der Waals surface area contributed by atoms with E-state index < -0.39 is 0 Å². The van der Waals surface area contributed by atoms with Gasteiger partial charge in [-0.2, -0.15) is 0 Å². The Morgan fingerprint density at radius 1 is 1.42 bits per heavy atom. The molecule has 140 valence electrons. The third-order valence-corrected chi connectivity index (χ3v) is 4.98. The Morgan fingerprint density at radius 3 is 2.92 bits per heavy atom. The monoisotopic (exact) mass is 376 g/mol. The second kappa shape index (κ2) is 8.86. The molecule has 3 rings (SSSR count). The number of carbonyl (C=O) groups is 1. The van der Waals surface area contributed by atoms with E-state index >= 15 is 0 Å². The normalized spacial score (nSPS) is 14.3. The molecular weight excluding hydrogens is 352 g/mol. The van der Waals surface area contributed by atoms with E-state index in [9.17, 15) is 4.79 Å². The van der Waals surface area contributed by atoms with Crippen LogP contribution in [0.5, 0.6) is 5.75 Å². The summed E-state index contributed by atoms with van der Waals surface area (Å²) in [6.45, 7) is 3.53. The molecule has 0 saturated carbocycles. The molecule has 0 aliphatic carbocycles. The van der Waals surface area contributed by atoms with Gasteiger partial charge in [-0.15, -0.1) is 11.3 Å². The number of aryl methyl sites for hydroxylation is 1. The van der Waals surface area contributed by atoms with E-state index in [-0.39, 0.29) is 5.91 Å². The Labute approximate surface area is 157 Å². The number of morpholine rings is 1. The maximum absolute atomic E-state index is 12.5. The van der Waals surface area contributed by atoms with Gasteiger partial charge in [-0.3, -0.25) is 4.79 Å². The van der Waals surface area contributed by atoms with Crippen LogP contribution in [0, 0.1) is 0 Å². The zero-order valence-corrected chi connectivity index (χ0v) is 15.7. The number of hydrogen-bond donors (Lipinski definition) is 2. The van der Waals surface area contributed by atoms with Crippen LogP contribution in [0.15, 0.2) is 23.6 Å². The van der Waals surface area contributed by atoms with Crippen LogP contribution in [0.25, 0.3) is 0 Å². The van der Waals surface area contributed by atoms with E-state index in [1.54, 1.807) is 13.2 Å². The van der Waals surface area contributed by atoms with Gasteiger partial charge in [0, 0.05) is 30.6 Å². The second-order valence-electron chi connectivity index (χ2n) is 6.02. The zero-order chi connectivity index (χ0) is 18.4. The molecule has 2 heterocycles. The number of aromatic nitrogens is 1. The number of amides is 1. The van der Waals surface area contributed by atoms with Gasteiger partial charge in [-0.1, -0.05) is 0 Å². The quantitative estimate of drug-likeness (QED) is 0.718. The Kier molecular flexibility index (Phi) is 6.30. The third kappa shape index (κ3) is 4.64. The van der Waals surface area contributed by atoms with Crippen LogP contribution in [0.3, 0.4) is 0 Å². The highest BCUT2D eigenvalue weighted by molar-refractivity contribution is 7.13. The lowest BCUT2D eigenvalue weighted by Crippen LogP contribution is -2.36. The highest BCUT2D eigenvalue weighted by atomic mass is 32.1. The van der Waals surface area contributed by atoms with Crippen LogP contribution in [-0.2, 0) is 11.2 Å². The number of benzene rings is 1. The van der Waals surface area contributed by atoms with Crippen LogP contribution in [0.2, 0.25) is 0 Å². The van der Waals surface area contributed by atoms with Gasteiger partial charge in [-0.05, 0) is 31.0 Å². The lowest BCUT2D eigenvalue weighted by molar-refractivity contribution is 0.0953.